The third-order valence-electron chi connectivity index (χ3n) is 4.10. The number of rotatable bonds is 6. The molecule has 0 bridgehead atoms. The summed E-state index contributed by atoms with van der Waals surface area (Å²) in [5.41, 5.74) is -0.152. The first-order chi connectivity index (χ1) is 14.2. The Hall–Kier alpha value is -3.42. The van der Waals surface area contributed by atoms with Crippen LogP contribution in [0.25, 0.3) is 11.0 Å². The third kappa shape index (κ3) is 4.76. The molecular formula is C22H19F3O5. The number of hydrogen-bond acceptors (Lipinski definition) is 5. The average molecular weight is 420 g/mol. The van der Waals surface area contributed by atoms with Crippen LogP contribution >= 0.6 is 0 Å². The van der Waals surface area contributed by atoms with Crippen LogP contribution in [0.3, 0.4) is 0 Å². The van der Waals surface area contributed by atoms with Gasteiger partial charge in [0.15, 0.2) is 0 Å². The zero-order chi connectivity index (χ0) is 21.9. The molecule has 0 fully saturated rings. The summed E-state index contributed by atoms with van der Waals surface area (Å²) in [6.07, 6.45) is -3.12. The van der Waals surface area contributed by atoms with E-state index in [0.717, 1.165) is 5.57 Å². The lowest BCUT2D eigenvalue weighted by Crippen LogP contribution is -2.15. The van der Waals surface area contributed by atoms with Gasteiger partial charge in [-0.05, 0) is 56.3 Å². The number of allylic oxidation sites excluding steroid dienone is 1. The van der Waals surface area contributed by atoms with E-state index in [9.17, 15) is 18.0 Å². The molecule has 0 atom stereocenters. The summed E-state index contributed by atoms with van der Waals surface area (Å²) in [4.78, 5) is 12.8. The Morgan fingerprint density at radius 2 is 1.67 bits per heavy atom. The van der Waals surface area contributed by atoms with Gasteiger partial charge in [-0.3, -0.25) is 4.79 Å². The molecule has 30 heavy (non-hydrogen) atoms. The second-order valence-electron chi connectivity index (χ2n) is 6.62. The maximum absolute atomic E-state index is 13.6. The minimum Gasteiger partial charge on any atom is -0.497 e. The van der Waals surface area contributed by atoms with E-state index in [2.05, 4.69) is 0 Å². The van der Waals surface area contributed by atoms with E-state index >= 15 is 0 Å². The van der Waals surface area contributed by atoms with E-state index in [0.29, 0.717) is 5.75 Å². The van der Waals surface area contributed by atoms with Crippen LogP contribution < -0.4 is 19.6 Å². The lowest BCUT2D eigenvalue weighted by Gasteiger charge is -2.14. The summed E-state index contributed by atoms with van der Waals surface area (Å²) in [5.74, 6) is -1.64. The molecule has 1 heterocycles. The highest BCUT2D eigenvalue weighted by atomic mass is 19.4. The number of benzene rings is 2. The van der Waals surface area contributed by atoms with Crippen LogP contribution in [-0.2, 0) is 6.18 Å². The Morgan fingerprint density at radius 1 is 1.03 bits per heavy atom. The molecule has 3 rings (SSSR count). The topological polar surface area (TPSA) is 57.9 Å². The Morgan fingerprint density at radius 3 is 2.27 bits per heavy atom. The SMILES string of the molecule is COc1ccc(Oc2c(C(F)(F)F)oc3cc(OCC=C(C)C)ccc3c2=O)cc1. The van der Waals surface area contributed by atoms with Gasteiger partial charge in [0.05, 0.1) is 12.5 Å². The van der Waals surface area contributed by atoms with Gasteiger partial charge < -0.3 is 18.6 Å². The van der Waals surface area contributed by atoms with E-state index in [1.807, 2.05) is 19.9 Å². The normalized spacial score (nSPS) is 11.3. The van der Waals surface area contributed by atoms with Crippen LogP contribution in [0.4, 0.5) is 13.2 Å². The molecule has 0 N–H and O–H groups in total. The van der Waals surface area contributed by atoms with Crippen molar-refractivity contribution in [2.45, 2.75) is 20.0 Å². The first-order valence-corrected chi connectivity index (χ1v) is 8.95. The molecule has 0 radical (unpaired) electrons. The lowest BCUT2D eigenvalue weighted by molar-refractivity contribution is -0.154. The van der Waals surface area contributed by atoms with Gasteiger partial charge in [-0.1, -0.05) is 5.57 Å². The lowest BCUT2D eigenvalue weighted by atomic mass is 10.2. The van der Waals surface area contributed by atoms with Crippen molar-refractivity contribution in [2.24, 2.45) is 0 Å². The molecular weight excluding hydrogens is 401 g/mol. The summed E-state index contributed by atoms with van der Waals surface area (Å²) in [6.45, 7) is 4.02. The van der Waals surface area contributed by atoms with Crippen molar-refractivity contribution >= 4 is 11.0 Å². The van der Waals surface area contributed by atoms with Crippen molar-refractivity contribution in [1.29, 1.82) is 0 Å². The van der Waals surface area contributed by atoms with Crippen LogP contribution in [-0.4, -0.2) is 13.7 Å². The fraction of sp³-hybridized carbons (Fsp3) is 0.227. The summed E-state index contributed by atoms with van der Waals surface area (Å²) in [5, 5.41) is -0.0546. The predicted octanol–water partition coefficient (Wildman–Crippen LogP) is 5.96. The second-order valence-corrected chi connectivity index (χ2v) is 6.62. The Labute approximate surface area is 170 Å². The van der Waals surface area contributed by atoms with Gasteiger partial charge in [-0.15, -0.1) is 0 Å². The van der Waals surface area contributed by atoms with Gasteiger partial charge in [-0.2, -0.15) is 13.2 Å². The minimum atomic E-state index is -4.94. The van der Waals surface area contributed by atoms with Crippen LogP contribution in [0.2, 0.25) is 0 Å². The van der Waals surface area contributed by atoms with Gasteiger partial charge in [0, 0.05) is 6.07 Å². The number of ether oxygens (including phenoxy) is 3. The molecule has 0 aliphatic rings. The first kappa shape index (κ1) is 21.3. The predicted molar refractivity (Wildman–Crippen MR) is 105 cm³/mol. The molecule has 158 valence electrons. The van der Waals surface area contributed by atoms with Crippen molar-refractivity contribution in [1.82, 2.24) is 0 Å². The third-order valence-corrected chi connectivity index (χ3v) is 4.10. The smallest absolute Gasteiger partial charge is 0.453 e. The molecule has 1 aromatic heterocycles. The van der Waals surface area contributed by atoms with Crippen molar-refractivity contribution in [3.8, 4) is 23.0 Å². The number of halogens is 3. The Balaban J connectivity index is 2.06. The van der Waals surface area contributed by atoms with Crippen LogP contribution in [0.5, 0.6) is 23.0 Å². The standard InChI is InChI=1S/C22H19F3O5/c1-13(2)10-11-28-16-8-9-17-18(12-16)30-21(22(23,24)25)20(19(17)26)29-15-6-4-14(27-3)5-7-15/h4-10,12H,11H2,1-3H3. The highest BCUT2D eigenvalue weighted by Gasteiger charge is 2.40. The summed E-state index contributed by atoms with van der Waals surface area (Å²) < 4.78 is 61.6. The highest BCUT2D eigenvalue weighted by molar-refractivity contribution is 5.79. The van der Waals surface area contributed by atoms with E-state index in [4.69, 9.17) is 18.6 Å². The number of alkyl halides is 3. The first-order valence-electron chi connectivity index (χ1n) is 8.95. The van der Waals surface area contributed by atoms with Crippen LogP contribution in [0.15, 0.2) is 63.3 Å². The molecule has 0 saturated carbocycles. The molecule has 8 heteroatoms. The average Bonchev–Trinajstić information content (AvgIpc) is 2.69. The van der Waals surface area contributed by atoms with E-state index in [1.165, 1.54) is 49.6 Å². The Kier molecular flexibility index (Phi) is 6.05. The molecule has 0 amide bonds. The van der Waals surface area contributed by atoms with Gasteiger partial charge in [0.2, 0.25) is 11.2 Å². The van der Waals surface area contributed by atoms with Crippen LogP contribution in [0, 0.1) is 0 Å². The second kappa shape index (κ2) is 8.52. The molecule has 0 aliphatic heterocycles. The highest BCUT2D eigenvalue weighted by Crippen LogP contribution is 2.38. The fourth-order valence-corrected chi connectivity index (χ4v) is 2.59. The summed E-state index contributed by atoms with van der Waals surface area (Å²) >= 11 is 0. The molecule has 5 nitrogen and oxygen atoms in total. The van der Waals surface area contributed by atoms with Crippen molar-refractivity contribution in [2.75, 3.05) is 13.7 Å². The quantitative estimate of drug-likeness (QED) is 0.461. The summed E-state index contributed by atoms with van der Waals surface area (Å²) in [6, 6.07) is 9.87. The molecule has 2 aromatic carbocycles. The van der Waals surface area contributed by atoms with Crippen molar-refractivity contribution in [3.63, 3.8) is 0 Å². The van der Waals surface area contributed by atoms with E-state index in [1.54, 1.807) is 0 Å². The van der Waals surface area contributed by atoms with Gasteiger partial charge in [0.1, 0.15) is 29.4 Å². The van der Waals surface area contributed by atoms with Gasteiger partial charge in [-0.25, -0.2) is 0 Å². The van der Waals surface area contributed by atoms with Crippen LogP contribution in [0.1, 0.15) is 19.6 Å². The van der Waals surface area contributed by atoms with Gasteiger partial charge in [0.25, 0.3) is 5.76 Å². The molecule has 0 unspecified atom stereocenters. The molecule has 0 saturated heterocycles. The number of fused-ring (bicyclic) bond motifs is 1. The maximum Gasteiger partial charge on any atom is 0.453 e. The van der Waals surface area contributed by atoms with Gasteiger partial charge >= 0.3 is 6.18 Å². The van der Waals surface area contributed by atoms with E-state index < -0.39 is 23.1 Å². The monoisotopic (exact) mass is 420 g/mol. The molecule has 3 aromatic rings. The van der Waals surface area contributed by atoms with Crippen molar-refractivity contribution < 1.29 is 31.8 Å². The fourth-order valence-electron chi connectivity index (χ4n) is 2.59. The number of methoxy groups -OCH3 is 1. The largest absolute Gasteiger partial charge is 0.497 e. The zero-order valence-electron chi connectivity index (χ0n) is 16.5. The zero-order valence-corrected chi connectivity index (χ0v) is 16.5. The van der Waals surface area contributed by atoms with Crippen molar-refractivity contribution in [3.05, 3.63) is 70.1 Å². The minimum absolute atomic E-state index is 0.0367. The van der Waals surface area contributed by atoms with E-state index in [-0.39, 0.29) is 29.1 Å². The Bertz CT molecular complexity index is 1120. The number of hydrogen-bond donors (Lipinski definition) is 0. The molecule has 0 spiro atoms. The maximum atomic E-state index is 13.6. The summed E-state index contributed by atoms with van der Waals surface area (Å²) in [7, 11) is 1.45. The molecule has 0 aliphatic carbocycles.